The SMILES string of the molecule is C.C.C.C.Cc1cc(N)ccc1Oc1ccn2ncnc2c1.Cc1cc(Nc2ncnc3ccc(Cl)nc23)ccc1Oc1ccn2ncnc2c1.Clc1ccc2ncnc(Cl)c2n1. The molecular weight excluding hydrogens is 863 g/mol. The molecule has 8 aromatic heterocycles. The van der Waals surface area contributed by atoms with Crippen LogP contribution in [0.15, 0.2) is 123 Å². The Bertz CT molecular complexity index is 3110. The number of fused-ring (bicyclic) bond motifs is 4. The predicted octanol–water partition coefficient (Wildman–Crippen LogP) is 11.9. The van der Waals surface area contributed by atoms with Gasteiger partial charge in [-0.15, -0.1) is 0 Å². The van der Waals surface area contributed by atoms with Gasteiger partial charge in [0.15, 0.2) is 22.3 Å². The fourth-order valence-electron chi connectivity index (χ4n) is 5.63. The van der Waals surface area contributed by atoms with E-state index in [0.29, 0.717) is 49.1 Å². The largest absolute Gasteiger partial charge is 0.457 e. The van der Waals surface area contributed by atoms with E-state index in [1.807, 2.05) is 86.8 Å². The third-order valence-electron chi connectivity index (χ3n) is 8.45. The molecule has 0 saturated heterocycles. The highest BCUT2D eigenvalue weighted by Gasteiger charge is 2.10. The first-order valence-electron chi connectivity index (χ1n) is 17.5. The molecule has 0 aliphatic heterocycles. The van der Waals surface area contributed by atoms with Gasteiger partial charge in [0.2, 0.25) is 0 Å². The average Bonchev–Trinajstić information content (AvgIpc) is 3.91. The summed E-state index contributed by atoms with van der Waals surface area (Å²) in [5, 5.41) is 12.5. The third-order valence-corrected chi connectivity index (χ3v) is 9.15. The molecule has 10 aromatic rings. The van der Waals surface area contributed by atoms with Crippen molar-refractivity contribution in [3.05, 3.63) is 149 Å². The van der Waals surface area contributed by atoms with Crippen molar-refractivity contribution in [2.45, 2.75) is 43.6 Å². The molecule has 3 N–H and O–H groups in total. The number of hydrogen-bond donors (Lipinski definition) is 2. The second kappa shape index (κ2) is 21.5. The van der Waals surface area contributed by atoms with Crippen molar-refractivity contribution in [1.29, 1.82) is 0 Å². The minimum absolute atomic E-state index is 0. The molecule has 63 heavy (non-hydrogen) atoms. The number of pyridine rings is 4. The van der Waals surface area contributed by atoms with Gasteiger partial charge in [-0.2, -0.15) is 10.2 Å². The molecule has 0 bridgehead atoms. The standard InChI is InChI=1S/C20H14ClN7O.C13H12N4O.C7H3Cl2N3.4CH4/c1-12-8-13(26-20-19-15(22-10-24-20)3-5-17(21)27-19)2-4-16(12)29-14-6-7-28-18(9-14)23-11-25-28;1-9-6-10(14)2-3-12(9)18-11-4-5-17-13(7-11)15-8-16-17;8-5-2-1-4-6(12-5)7(9)11-3-10-4;;;;/h2-11H,1H3,(H,22,24,26);2-8H,14H2,1H3;1-3H;4*1H4. The van der Waals surface area contributed by atoms with E-state index in [4.69, 9.17) is 50.0 Å². The van der Waals surface area contributed by atoms with Crippen LogP contribution in [0.4, 0.5) is 17.2 Å². The Balaban J connectivity index is 0.000000220. The lowest BCUT2D eigenvalue weighted by atomic mass is 10.2. The first kappa shape index (κ1) is 48.4. The van der Waals surface area contributed by atoms with Crippen LogP contribution in [0.3, 0.4) is 0 Å². The molecule has 10 rings (SSSR count). The van der Waals surface area contributed by atoms with Crippen LogP contribution in [0.1, 0.15) is 40.8 Å². The summed E-state index contributed by atoms with van der Waals surface area (Å²) < 4.78 is 15.2. The zero-order valence-corrected chi connectivity index (χ0v) is 33.2. The molecule has 0 radical (unpaired) electrons. The minimum Gasteiger partial charge on any atom is -0.457 e. The van der Waals surface area contributed by atoms with Gasteiger partial charge in [0.05, 0.1) is 11.0 Å². The topological polar surface area (TPSA) is 194 Å². The zero-order valence-electron chi connectivity index (χ0n) is 30.9. The van der Waals surface area contributed by atoms with Gasteiger partial charge >= 0.3 is 0 Å². The molecule has 0 aliphatic carbocycles. The normalized spacial score (nSPS) is 10.2. The molecular formula is C44H45Cl3N14O2. The Kier molecular flexibility index (Phi) is 16.5. The zero-order chi connectivity index (χ0) is 40.9. The van der Waals surface area contributed by atoms with Crippen LogP contribution in [-0.4, -0.2) is 59.1 Å². The molecule has 16 nitrogen and oxygen atoms in total. The molecule has 0 spiro atoms. The molecule has 2 aromatic carbocycles. The van der Waals surface area contributed by atoms with Crippen LogP contribution in [0.5, 0.6) is 23.0 Å². The smallest absolute Gasteiger partial charge is 0.160 e. The lowest BCUT2D eigenvalue weighted by Gasteiger charge is -2.12. The summed E-state index contributed by atoms with van der Waals surface area (Å²) in [6, 6.07) is 25.6. The van der Waals surface area contributed by atoms with E-state index in [1.54, 1.807) is 33.4 Å². The van der Waals surface area contributed by atoms with Crippen LogP contribution in [0, 0.1) is 13.8 Å². The number of nitrogens with one attached hydrogen (secondary N) is 1. The number of nitrogen functional groups attached to an aromatic ring is 1. The lowest BCUT2D eigenvalue weighted by molar-refractivity contribution is 0.478. The number of nitrogens with zero attached hydrogens (tertiary/aromatic N) is 12. The van der Waals surface area contributed by atoms with Gasteiger partial charge in [0.1, 0.15) is 69.6 Å². The molecule has 0 aliphatic rings. The van der Waals surface area contributed by atoms with Crippen molar-refractivity contribution in [2.75, 3.05) is 11.1 Å². The number of rotatable bonds is 6. The predicted molar refractivity (Wildman–Crippen MR) is 253 cm³/mol. The van der Waals surface area contributed by atoms with Gasteiger partial charge in [-0.05, 0) is 97.8 Å². The maximum Gasteiger partial charge on any atom is 0.160 e. The summed E-state index contributed by atoms with van der Waals surface area (Å²) in [7, 11) is 0. The number of hydrogen-bond acceptors (Lipinski definition) is 14. The van der Waals surface area contributed by atoms with E-state index in [-0.39, 0.29) is 29.7 Å². The summed E-state index contributed by atoms with van der Waals surface area (Å²) in [4.78, 5) is 32.9. The van der Waals surface area contributed by atoms with E-state index >= 15 is 0 Å². The maximum atomic E-state index is 6.02. The van der Waals surface area contributed by atoms with Crippen LogP contribution in [0.25, 0.3) is 33.4 Å². The van der Waals surface area contributed by atoms with Gasteiger partial charge in [-0.3, -0.25) is 0 Å². The summed E-state index contributed by atoms with van der Waals surface area (Å²) in [5.74, 6) is 3.53. The van der Waals surface area contributed by atoms with E-state index in [2.05, 4.69) is 55.4 Å². The number of nitrogens with two attached hydrogens (primary N) is 1. The summed E-state index contributed by atoms with van der Waals surface area (Å²) in [5.41, 5.74) is 13.3. The molecule has 0 atom stereocenters. The Morgan fingerprint density at radius 1 is 0.540 bits per heavy atom. The fourth-order valence-corrected chi connectivity index (χ4v) is 6.11. The Labute approximate surface area is 379 Å². The maximum absolute atomic E-state index is 6.02. The van der Waals surface area contributed by atoms with Gasteiger partial charge in [0, 0.05) is 35.9 Å². The lowest BCUT2D eigenvalue weighted by Crippen LogP contribution is -1.98. The van der Waals surface area contributed by atoms with Gasteiger partial charge in [-0.1, -0.05) is 64.5 Å². The first-order chi connectivity index (χ1) is 28.6. The molecule has 324 valence electrons. The number of halogens is 3. The monoisotopic (exact) mass is 906 g/mol. The Morgan fingerprint density at radius 3 is 1.63 bits per heavy atom. The number of aromatic nitrogens is 12. The van der Waals surface area contributed by atoms with E-state index < -0.39 is 0 Å². The Hall–Kier alpha value is -7.27. The summed E-state index contributed by atoms with van der Waals surface area (Å²) in [6.07, 6.45) is 9.51. The van der Waals surface area contributed by atoms with E-state index in [1.165, 1.54) is 25.3 Å². The van der Waals surface area contributed by atoms with Crippen molar-refractivity contribution in [2.24, 2.45) is 0 Å². The van der Waals surface area contributed by atoms with Gasteiger partial charge in [0.25, 0.3) is 0 Å². The highest BCUT2D eigenvalue weighted by Crippen LogP contribution is 2.31. The van der Waals surface area contributed by atoms with Crippen molar-refractivity contribution in [3.8, 4) is 23.0 Å². The van der Waals surface area contributed by atoms with Crippen molar-refractivity contribution < 1.29 is 9.47 Å². The first-order valence-corrected chi connectivity index (χ1v) is 18.7. The van der Waals surface area contributed by atoms with Crippen LogP contribution < -0.4 is 20.5 Å². The van der Waals surface area contributed by atoms with Gasteiger partial charge < -0.3 is 20.5 Å². The van der Waals surface area contributed by atoms with Crippen LogP contribution in [-0.2, 0) is 0 Å². The molecule has 0 fully saturated rings. The van der Waals surface area contributed by atoms with Crippen LogP contribution >= 0.6 is 34.8 Å². The van der Waals surface area contributed by atoms with Crippen molar-refractivity contribution in [1.82, 2.24) is 59.1 Å². The summed E-state index contributed by atoms with van der Waals surface area (Å²) in [6.45, 7) is 3.94. The second-order valence-electron chi connectivity index (χ2n) is 12.6. The highest BCUT2D eigenvalue weighted by molar-refractivity contribution is 6.34. The molecule has 0 saturated carbocycles. The molecule has 0 amide bonds. The second-order valence-corrected chi connectivity index (χ2v) is 13.7. The molecule has 19 heteroatoms. The third kappa shape index (κ3) is 11.6. The van der Waals surface area contributed by atoms with Gasteiger partial charge in [-0.25, -0.2) is 48.9 Å². The number of ether oxygens (including phenoxy) is 2. The Morgan fingerprint density at radius 2 is 1.06 bits per heavy atom. The fraction of sp³-hybridized carbons (Fsp3) is 0.136. The highest BCUT2D eigenvalue weighted by atomic mass is 35.5. The molecule has 8 heterocycles. The van der Waals surface area contributed by atoms with Crippen LogP contribution in [0.2, 0.25) is 15.5 Å². The number of aryl methyl sites for hydroxylation is 2. The number of benzene rings is 2. The van der Waals surface area contributed by atoms with Crippen molar-refractivity contribution >= 4 is 85.4 Å². The minimum atomic E-state index is 0. The quantitative estimate of drug-likeness (QED) is 0.0908. The van der Waals surface area contributed by atoms with Crippen molar-refractivity contribution in [3.63, 3.8) is 0 Å². The number of anilines is 3. The summed E-state index contributed by atoms with van der Waals surface area (Å²) >= 11 is 17.4. The molecule has 0 unspecified atom stereocenters. The van der Waals surface area contributed by atoms with E-state index in [9.17, 15) is 0 Å². The average molecular weight is 908 g/mol. The van der Waals surface area contributed by atoms with E-state index in [0.717, 1.165) is 51.0 Å².